The summed E-state index contributed by atoms with van der Waals surface area (Å²) in [5, 5.41) is 3.95. The van der Waals surface area contributed by atoms with E-state index in [1.54, 1.807) is 12.3 Å². The number of benzene rings is 1. The molecule has 2 heterocycles. The lowest BCUT2D eigenvalue weighted by Crippen LogP contribution is -2.48. The number of amides is 2. The molecule has 2 aliphatic rings. The van der Waals surface area contributed by atoms with Gasteiger partial charge in [-0.05, 0) is 49.9 Å². The zero-order chi connectivity index (χ0) is 20.8. The summed E-state index contributed by atoms with van der Waals surface area (Å²) in [6, 6.07) is 13.9. The molecule has 1 atom stereocenters. The van der Waals surface area contributed by atoms with Crippen LogP contribution in [0.4, 0.5) is 0 Å². The minimum absolute atomic E-state index is 0.0308. The van der Waals surface area contributed by atoms with Crippen molar-refractivity contribution >= 4 is 23.6 Å². The van der Waals surface area contributed by atoms with E-state index in [2.05, 4.69) is 10.3 Å². The predicted octanol–water partition coefficient (Wildman–Crippen LogP) is 4.53. The molecule has 1 saturated heterocycles. The van der Waals surface area contributed by atoms with Crippen molar-refractivity contribution in [2.45, 2.75) is 60.9 Å². The minimum Gasteiger partial charge on any atom is -0.353 e. The average molecular weight is 424 g/mol. The summed E-state index contributed by atoms with van der Waals surface area (Å²) in [4.78, 5) is 33.5. The maximum atomic E-state index is 13.3. The fourth-order valence-electron chi connectivity index (χ4n) is 4.35. The molecular weight excluding hydrogens is 394 g/mol. The molecule has 1 aliphatic carbocycles. The van der Waals surface area contributed by atoms with Gasteiger partial charge < -0.3 is 10.2 Å². The Labute approximate surface area is 182 Å². The summed E-state index contributed by atoms with van der Waals surface area (Å²) in [7, 11) is 0. The molecule has 1 aromatic carbocycles. The van der Waals surface area contributed by atoms with Gasteiger partial charge in [0, 0.05) is 30.2 Å². The van der Waals surface area contributed by atoms with Crippen LogP contribution >= 0.6 is 11.8 Å². The summed E-state index contributed by atoms with van der Waals surface area (Å²) in [5.41, 5.74) is 0.611. The van der Waals surface area contributed by atoms with E-state index in [0.717, 1.165) is 30.6 Å². The van der Waals surface area contributed by atoms with Gasteiger partial charge in [0.2, 0.25) is 5.91 Å². The zero-order valence-electron chi connectivity index (χ0n) is 17.3. The molecule has 4 rings (SSSR count). The monoisotopic (exact) mass is 423 g/mol. The van der Waals surface area contributed by atoms with E-state index in [0.29, 0.717) is 29.7 Å². The largest absolute Gasteiger partial charge is 0.353 e. The highest BCUT2D eigenvalue weighted by molar-refractivity contribution is 7.99. The van der Waals surface area contributed by atoms with Crippen LogP contribution < -0.4 is 5.32 Å². The third-order valence-electron chi connectivity index (χ3n) is 5.99. The molecule has 2 aromatic rings. The summed E-state index contributed by atoms with van der Waals surface area (Å²) in [6.45, 7) is 1.18. The number of hydrogen-bond donors (Lipinski definition) is 1. The van der Waals surface area contributed by atoms with Gasteiger partial charge in [0.1, 0.15) is 5.03 Å². The van der Waals surface area contributed by atoms with Crippen molar-refractivity contribution in [2.75, 3.05) is 13.1 Å². The molecule has 0 bridgehead atoms. The van der Waals surface area contributed by atoms with Crippen molar-refractivity contribution in [3.63, 3.8) is 0 Å². The number of piperidine rings is 1. The topological polar surface area (TPSA) is 62.3 Å². The standard InChI is InChI=1S/C24H29N3O2S/c28-22(26-19-10-3-1-4-11-19)18-9-8-16-27(17-18)24(29)21-14-7-15-25-23(21)30-20-12-5-2-6-13-20/h2,5-7,12-15,18-19H,1,3-4,8-11,16-17H2,(H,26,28)/t18-/m1/s1. The van der Waals surface area contributed by atoms with Gasteiger partial charge in [-0.2, -0.15) is 0 Å². The molecule has 30 heavy (non-hydrogen) atoms. The Morgan fingerprint density at radius 3 is 2.57 bits per heavy atom. The van der Waals surface area contributed by atoms with E-state index in [4.69, 9.17) is 0 Å². The van der Waals surface area contributed by atoms with E-state index in [9.17, 15) is 9.59 Å². The third-order valence-corrected chi connectivity index (χ3v) is 7.02. The second kappa shape index (κ2) is 10.1. The number of nitrogens with one attached hydrogen (secondary N) is 1. The van der Waals surface area contributed by atoms with Crippen LogP contribution in [0, 0.1) is 5.92 Å². The van der Waals surface area contributed by atoms with Crippen LogP contribution in [-0.2, 0) is 4.79 Å². The molecule has 2 amide bonds. The zero-order valence-corrected chi connectivity index (χ0v) is 18.1. The predicted molar refractivity (Wildman–Crippen MR) is 118 cm³/mol. The molecule has 1 N–H and O–H groups in total. The number of hydrogen-bond acceptors (Lipinski definition) is 4. The van der Waals surface area contributed by atoms with Crippen molar-refractivity contribution in [2.24, 2.45) is 5.92 Å². The Balaban J connectivity index is 1.42. The van der Waals surface area contributed by atoms with Gasteiger partial charge in [-0.15, -0.1) is 0 Å². The molecule has 1 saturated carbocycles. The Kier molecular flexibility index (Phi) is 7.05. The Morgan fingerprint density at radius 2 is 1.77 bits per heavy atom. The lowest BCUT2D eigenvalue weighted by molar-refractivity contribution is -0.127. The summed E-state index contributed by atoms with van der Waals surface area (Å²) in [6.07, 6.45) is 9.25. The first kappa shape index (κ1) is 20.9. The highest BCUT2D eigenvalue weighted by Gasteiger charge is 2.31. The smallest absolute Gasteiger partial charge is 0.256 e. The van der Waals surface area contributed by atoms with Gasteiger partial charge in [-0.1, -0.05) is 49.2 Å². The highest BCUT2D eigenvalue weighted by atomic mass is 32.2. The molecule has 5 nitrogen and oxygen atoms in total. The van der Waals surface area contributed by atoms with Crippen LogP contribution in [0.15, 0.2) is 58.6 Å². The van der Waals surface area contributed by atoms with E-state index < -0.39 is 0 Å². The molecule has 0 spiro atoms. The van der Waals surface area contributed by atoms with Crippen LogP contribution in [0.2, 0.25) is 0 Å². The number of pyridine rings is 1. The van der Waals surface area contributed by atoms with Crippen molar-refractivity contribution in [1.29, 1.82) is 0 Å². The second-order valence-corrected chi connectivity index (χ2v) is 9.27. The van der Waals surface area contributed by atoms with Crippen molar-refractivity contribution in [3.05, 3.63) is 54.2 Å². The van der Waals surface area contributed by atoms with Crippen LogP contribution in [0.3, 0.4) is 0 Å². The van der Waals surface area contributed by atoms with E-state index in [1.807, 2.05) is 41.3 Å². The van der Waals surface area contributed by atoms with Crippen LogP contribution in [0.5, 0.6) is 0 Å². The lowest BCUT2D eigenvalue weighted by atomic mass is 9.93. The highest BCUT2D eigenvalue weighted by Crippen LogP contribution is 2.30. The van der Waals surface area contributed by atoms with Crippen molar-refractivity contribution in [3.8, 4) is 0 Å². The van der Waals surface area contributed by atoms with Crippen LogP contribution in [0.25, 0.3) is 0 Å². The second-order valence-electron chi connectivity index (χ2n) is 8.21. The van der Waals surface area contributed by atoms with Crippen LogP contribution in [-0.4, -0.2) is 40.8 Å². The average Bonchev–Trinajstić information content (AvgIpc) is 2.80. The molecule has 158 valence electrons. The maximum Gasteiger partial charge on any atom is 0.256 e. The number of carbonyl (C=O) groups is 2. The normalized spacial score (nSPS) is 20.0. The Morgan fingerprint density at radius 1 is 0.967 bits per heavy atom. The Hall–Kier alpha value is -2.34. The number of rotatable bonds is 5. The molecular formula is C24H29N3O2S. The summed E-state index contributed by atoms with van der Waals surface area (Å²) < 4.78 is 0. The van der Waals surface area contributed by atoms with Gasteiger partial charge >= 0.3 is 0 Å². The van der Waals surface area contributed by atoms with E-state index in [1.165, 1.54) is 31.0 Å². The van der Waals surface area contributed by atoms with E-state index in [-0.39, 0.29) is 17.7 Å². The molecule has 1 aliphatic heterocycles. The Bertz CT molecular complexity index is 868. The first-order valence-electron chi connectivity index (χ1n) is 11.0. The van der Waals surface area contributed by atoms with Crippen LogP contribution in [0.1, 0.15) is 55.3 Å². The fraction of sp³-hybridized carbons (Fsp3) is 0.458. The maximum absolute atomic E-state index is 13.3. The number of carbonyl (C=O) groups excluding carboxylic acids is 2. The number of nitrogens with zero attached hydrogens (tertiary/aromatic N) is 2. The number of aromatic nitrogens is 1. The molecule has 6 heteroatoms. The molecule has 0 unspecified atom stereocenters. The van der Waals surface area contributed by atoms with E-state index >= 15 is 0 Å². The summed E-state index contributed by atoms with van der Waals surface area (Å²) in [5.74, 6) is -0.0345. The van der Waals surface area contributed by atoms with Gasteiger partial charge in [0.15, 0.2) is 0 Å². The van der Waals surface area contributed by atoms with Gasteiger partial charge in [-0.25, -0.2) is 4.98 Å². The molecule has 2 fully saturated rings. The SMILES string of the molecule is O=C(NC1CCCCC1)[C@@H]1CCCN(C(=O)c2cccnc2Sc2ccccc2)C1. The van der Waals surface area contributed by atoms with Gasteiger partial charge in [0.05, 0.1) is 11.5 Å². The lowest BCUT2D eigenvalue weighted by Gasteiger charge is -2.33. The van der Waals surface area contributed by atoms with Crippen molar-refractivity contribution in [1.82, 2.24) is 15.2 Å². The quantitative estimate of drug-likeness (QED) is 0.767. The van der Waals surface area contributed by atoms with Crippen molar-refractivity contribution < 1.29 is 9.59 Å². The number of likely N-dealkylation sites (tertiary alicyclic amines) is 1. The third kappa shape index (κ3) is 5.22. The first-order chi connectivity index (χ1) is 14.7. The fourth-order valence-corrected chi connectivity index (χ4v) is 5.24. The minimum atomic E-state index is -0.119. The van der Waals surface area contributed by atoms with Gasteiger partial charge in [0.25, 0.3) is 5.91 Å². The summed E-state index contributed by atoms with van der Waals surface area (Å²) >= 11 is 1.50. The molecule has 0 radical (unpaired) electrons. The van der Waals surface area contributed by atoms with Gasteiger partial charge in [-0.3, -0.25) is 9.59 Å². The molecule has 1 aromatic heterocycles. The first-order valence-corrected chi connectivity index (χ1v) is 11.8.